The van der Waals surface area contributed by atoms with Crippen molar-refractivity contribution in [3.63, 3.8) is 0 Å². The predicted molar refractivity (Wildman–Crippen MR) is 106 cm³/mol. The van der Waals surface area contributed by atoms with Gasteiger partial charge in [0.25, 0.3) is 0 Å². The second-order valence-electron chi connectivity index (χ2n) is 6.35. The topological polar surface area (TPSA) is 66.2 Å². The molecule has 0 aliphatic rings. The van der Waals surface area contributed by atoms with E-state index in [2.05, 4.69) is 9.97 Å². The Morgan fingerprint density at radius 1 is 0.548 bits per heavy atom. The van der Waals surface area contributed by atoms with E-state index in [-0.39, 0.29) is 65.8 Å². The molecule has 0 aliphatic carbocycles. The van der Waals surface area contributed by atoms with Crippen LogP contribution in [0.5, 0.6) is 11.5 Å². The Morgan fingerprint density at radius 2 is 1.03 bits per heavy atom. The fourth-order valence-corrected chi connectivity index (χ4v) is 3.00. The molecule has 0 radical (unpaired) electrons. The van der Waals surface area contributed by atoms with Crippen molar-refractivity contribution < 1.29 is 64.5 Å². The zero-order valence-electron chi connectivity index (χ0n) is 16.3. The molecule has 0 amide bonds. The quantitative estimate of drug-likeness (QED) is 0.275. The first-order valence-corrected chi connectivity index (χ1v) is 8.65. The van der Waals surface area contributed by atoms with Crippen molar-refractivity contribution in [2.24, 2.45) is 0 Å². The third-order valence-electron chi connectivity index (χ3n) is 4.37. The number of hydrogen-bond donors (Lipinski definition) is 2. The summed E-state index contributed by atoms with van der Waals surface area (Å²) >= 11 is 0. The van der Waals surface area contributed by atoms with Crippen LogP contribution in [0, 0.1) is 6.92 Å². The molecule has 0 aliphatic heterocycles. The van der Waals surface area contributed by atoms with Crippen molar-refractivity contribution in [2.45, 2.75) is 6.92 Å². The number of para-hydroxylation sites is 1. The molecule has 0 saturated carbocycles. The summed E-state index contributed by atoms with van der Waals surface area (Å²) in [6, 6.07) is 23.9. The second kappa shape index (κ2) is 12.6. The molecule has 4 nitrogen and oxygen atoms in total. The largest absolute Gasteiger partial charge is 3.00 e. The van der Waals surface area contributed by atoms with Gasteiger partial charge < -0.3 is 47.4 Å². The second-order valence-corrected chi connectivity index (χ2v) is 6.35. The maximum Gasteiger partial charge on any atom is 3.00 e. The number of rotatable bonds is 3. The third-order valence-corrected chi connectivity index (χ3v) is 4.37. The summed E-state index contributed by atoms with van der Waals surface area (Å²) in [6.45, 7) is 1.93. The van der Waals surface area contributed by atoms with Crippen molar-refractivity contribution in [3.8, 4) is 45.4 Å². The van der Waals surface area contributed by atoms with Crippen LogP contribution >= 0.6 is 0 Å². The monoisotopic (exact) mass is 514 g/mol. The van der Waals surface area contributed by atoms with Crippen LogP contribution in [0.4, 0.5) is 0 Å². The van der Waals surface area contributed by atoms with Crippen molar-refractivity contribution in [3.05, 3.63) is 84.4 Å². The third kappa shape index (κ3) is 6.36. The molecule has 2 heterocycles. The summed E-state index contributed by atoms with van der Waals surface area (Å²) in [7, 11) is 0. The SMILES string of the molecule is Cc1ccc(-c2cccc(-c3cccc(-c4ccccc4O)n3)n2)c(O)c1.[Cl-].[Cl-].[Cl-].[Mn+3]. The van der Waals surface area contributed by atoms with Crippen molar-refractivity contribution in [1.29, 1.82) is 0 Å². The molecule has 160 valence electrons. The maximum absolute atomic E-state index is 10.2. The van der Waals surface area contributed by atoms with E-state index < -0.39 is 0 Å². The van der Waals surface area contributed by atoms with E-state index in [1.165, 1.54) is 0 Å². The number of benzene rings is 2. The molecule has 2 aromatic carbocycles. The summed E-state index contributed by atoms with van der Waals surface area (Å²) in [5.74, 6) is 0.393. The van der Waals surface area contributed by atoms with Crippen LogP contribution < -0.4 is 37.2 Å². The number of aromatic hydroxyl groups is 2. The van der Waals surface area contributed by atoms with E-state index in [0.29, 0.717) is 33.9 Å². The number of pyridine rings is 2. The first kappa shape index (κ1) is 28.7. The van der Waals surface area contributed by atoms with Crippen LogP contribution in [0.25, 0.3) is 33.9 Å². The van der Waals surface area contributed by atoms with Gasteiger partial charge in [0, 0.05) is 11.1 Å². The number of hydrogen-bond acceptors (Lipinski definition) is 4. The number of halogens is 3. The van der Waals surface area contributed by atoms with Crippen LogP contribution in [0.3, 0.4) is 0 Å². The Hall–Kier alpha value is -2.27. The standard InChI is InChI=1S/C23H18N2O2.3ClH.Mn/c1-15-12-13-17(23(27)14-15)19-8-5-10-21(25-19)20-9-4-7-18(24-20)16-6-2-3-11-22(16)26;;;;/h2-14,26-27H,1H3;3*1H;/q;;;;+3/p-3. The van der Waals surface area contributed by atoms with Gasteiger partial charge in [-0.3, -0.25) is 0 Å². The van der Waals surface area contributed by atoms with E-state index in [1.807, 2.05) is 67.6 Å². The molecular formula is C23H18Cl3MnN2O2. The zero-order chi connectivity index (χ0) is 18.8. The molecule has 4 aromatic rings. The van der Waals surface area contributed by atoms with Crippen molar-refractivity contribution in [2.75, 3.05) is 0 Å². The normalized spacial score (nSPS) is 9.32. The summed E-state index contributed by atoms with van der Waals surface area (Å²) in [4.78, 5) is 9.34. The first-order valence-electron chi connectivity index (χ1n) is 8.65. The summed E-state index contributed by atoms with van der Waals surface area (Å²) < 4.78 is 0. The minimum atomic E-state index is 0. The average molecular weight is 516 g/mol. The Labute approximate surface area is 210 Å². The Kier molecular flexibility index (Phi) is 11.6. The molecular weight excluding hydrogens is 498 g/mol. The minimum Gasteiger partial charge on any atom is -1.00 e. The summed E-state index contributed by atoms with van der Waals surface area (Å²) in [5, 5.41) is 20.3. The van der Waals surface area contributed by atoms with Crippen LogP contribution in [-0.2, 0) is 17.1 Å². The van der Waals surface area contributed by atoms with Gasteiger partial charge in [0.05, 0.1) is 22.8 Å². The van der Waals surface area contributed by atoms with E-state index >= 15 is 0 Å². The van der Waals surface area contributed by atoms with Crippen molar-refractivity contribution in [1.82, 2.24) is 9.97 Å². The predicted octanol–water partition coefficient (Wildman–Crippen LogP) is -3.79. The Morgan fingerprint density at radius 3 is 1.55 bits per heavy atom. The number of phenolic OH excluding ortho intramolecular Hbond substituents is 2. The molecule has 2 N–H and O–H groups in total. The van der Waals surface area contributed by atoms with Crippen LogP contribution in [0.2, 0.25) is 0 Å². The van der Waals surface area contributed by atoms with Gasteiger partial charge in [-0.05, 0) is 61.0 Å². The fourth-order valence-electron chi connectivity index (χ4n) is 3.00. The van der Waals surface area contributed by atoms with E-state index in [0.717, 1.165) is 5.56 Å². The van der Waals surface area contributed by atoms with Crippen LogP contribution in [0.1, 0.15) is 5.56 Å². The number of aryl methyl sites for hydroxylation is 1. The molecule has 0 saturated heterocycles. The van der Waals surface area contributed by atoms with Gasteiger partial charge in [-0.1, -0.05) is 30.3 Å². The molecule has 0 atom stereocenters. The van der Waals surface area contributed by atoms with Gasteiger partial charge in [0.1, 0.15) is 11.5 Å². The molecule has 4 rings (SSSR count). The number of phenols is 2. The Balaban J connectivity index is 0.00000225. The first-order chi connectivity index (χ1) is 13.1. The molecule has 0 spiro atoms. The van der Waals surface area contributed by atoms with Gasteiger partial charge in [0.2, 0.25) is 0 Å². The average Bonchev–Trinajstić information content (AvgIpc) is 2.68. The molecule has 0 bridgehead atoms. The van der Waals surface area contributed by atoms with E-state index in [4.69, 9.17) is 0 Å². The zero-order valence-corrected chi connectivity index (χ0v) is 19.8. The van der Waals surface area contributed by atoms with Gasteiger partial charge >= 0.3 is 17.1 Å². The van der Waals surface area contributed by atoms with Crippen molar-refractivity contribution >= 4 is 0 Å². The molecule has 0 fully saturated rings. The van der Waals surface area contributed by atoms with Crippen LogP contribution in [-0.4, -0.2) is 20.2 Å². The summed E-state index contributed by atoms with van der Waals surface area (Å²) in [6.07, 6.45) is 0. The van der Waals surface area contributed by atoms with Gasteiger partial charge in [-0.2, -0.15) is 0 Å². The molecule has 31 heavy (non-hydrogen) atoms. The van der Waals surface area contributed by atoms with Gasteiger partial charge in [-0.15, -0.1) is 0 Å². The Bertz CT molecular complexity index is 1140. The molecule has 8 heteroatoms. The number of nitrogens with zero attached hydrogens (tertiary/aromatic N) is 2. The van der Waals surface area contributed by atoms with E-state index in [1.54, 1.807) is 18.2 Å². The minimum absolute atomic E-state index is 0. The summed E-state index contributed by atoms with van der Waals surface area (Å²) in [5.41, 5.74) is 5.10. The van der Waals surface area contributed by atoms with Crippen LogP contribution in [0.15, 0.2) is 78.9 Å². The fraction of sp³-hybridized carbons (Fsp3) is 0.0435. The molecule has 2 aromatic heterocycles. The maximum atomic E-state index is 10.2. The van der Waals surface area contributed by atoms with E-state index in [9.17, 15) is 10.2 Å². The smallest absolute Gasteiger partial charge is 1.00 e. The van der Waals surface area contributed by atoms with Gasteiger partial charge in [-0.25, -0.2) is 9.97 Å². The number of aromatic nitrogens is 2. The van der Waals surface area contributed by atoms with Gasteiger partial charge in [0.15, 0.2) is 0 Å². The molecule has 0 unspecified atom stereocenters.